The number of nitrogens with one attached hydrogen (secondary N) is 2. The third kappa shape index (κ3) is 7.30. The predicted octanol–water partition coefficient (Wildman–Crippen LogP) is 6.25. The van der Waals surface area contributed by atoms with Gasteiger partial charge in [-0.05, 0) is 59.5 Å². The van der Waals surface area contributed by atoms with E-state index < -0.39 is 24.7 Å². The Morgan fingerprint density at radius 2 is 1.88 bits per heavy atom. The normalized spacial score (nSPS) is 20.1. The molecule has 1 spiro atoms. The van der Waals surface area contributed by atoms with Gasteiger partial charge in [0.2, 0.25) is 5.91 Å². The molecule has 2 aliphatic rings. The molecular weight excluding hydrogens is 767 g/mol. The second-order valence-corrected chi connectivity index (χ2v) is 20.7. The van der Waals surface area contributed by atoms with Gasteiger partial charge in [-0.3, -0.25) is 24.4 Å². The average molecular weight is 814 g/mol. The first kappa shape index (κ1) is 39.7. The van der Waals surface area contributed by atoms with E-state index in [-0.39, 0.29) is 48.5 Å². The molecule has 1 fully saturated rings. The quantitative estimate of drug-likeness (QED) is 0.0652. The van der Waals surface area contributed by atoms with E-state index in [0.29, 0.717) is 42.0 Å². The fourth-order valence-electron chi connectivity index (χ4n) is 9.36. The summed E-state index contributed by atoms with van der Waals surface area (Å²) in [5.74, 6) is -0.101. The molecule has 2 aliphatic heterocycles. The number of hydrogen-bond donors (Lipinski definition) is 3. The number of fused-ring (bicyclic) bond motifs is 3. The minimum absolute atomic E-state index is 0.0386. The van der Waals surface area contributed by atoms with E-state index in [2.05, 4.69) is 45.8 Å². The number of benzene rings is 4. The highest BCUT2D eigenvalue weighted by atomic mass is 28.3. The lowest BCUT2D eigenvalue weighted by Crippen LogP contribution is -2.51. The molecule has 0 aliphatic carbocycles. The van der Waals surface area contributed by atoms with Crippen molar-refractivity contribution in [2.45, 2.75) is 69.6 Å². The number of anilines is 2. The van der Waals surface area contributed by atoms with Crippen molar-refractivity contribution in [1.82, 2.24) is 20.0 Å². The number of para-hydroxylation sites is 1. The molecule has 4 heterocycles. The number of aryl methyl sites for hydroxylation is 1. The molecule has 4 atom stereocenters. The van der Waals surface area contributed by atoms with Gasteiger partial charge in [0.15, 0.2) is 5.60 Å². The van der Waals surface area contributed by atoms with Crippen LogP contribution in [0.25, 0.3) is 10.9 Å². The molecule has 6 aromatic rings. The summed E-state index contributed by atoms with van der Waals surface area (Å²) in [6.07, 6.45) is 4.31. The lowest BCUT2D eigenvalue weighted by Gasteiger charge is -2.37. The van der Waals surface area contributed by atoms with E-state index in [1.807, 2.05) is 80.0 Å². The summed E-state index contributed by atoms with van der Waals surface area (Å²) < 4.78 is 14.4. The van der Waals surface area contributed by atoms with Crippen molar-refractivity contribution >= 4 is 53.0 Å². The monoisotopic (exact) mass is 813 g/mol. The maximum Gasteiger partial charge on any atom is 0.269 e. The molecule has 0 bridgehead atoms. The number of ether oxygens (including phenoxy) is 2. The van der Waals surface area contributed by atoms with Gasteiger partial charge < -0.3 is 29.8 Å². The van der Waals surface area contributed by atoms with E-state index in [4.69, 9.17) is 9.47 Å². The second-order valence-electron chi connectivity index (χ2n) is 16.0. The number of aromatic amines is 1. The largest absolute Gasteiger partial charge is 0.497 e. The van der Waals surface area contributed by atoms with E-state index in [1.165, 1.54) is 12.1 Å². The Labute approximate surface area is 342 Å². The van der Waals surface area contributed by atoms with Gasteiger partial charge in [-0.15, -0.1) is 5.10 Å². The lowest BCUT2D eigenvalue weighted by molar-refractivity contribution is -0.385. The number of non-ortho nitro benzene ring substituents is 1. The Bertz CT molecular complexity index is 2540. The van der Waals surface area contributed by atoms with Crippen molar-refractivity contribution in [3.05, 3.63) is 136 Å². The van der Waals surface area contributed by atoms with E-state index in [1.54, 1.807) is 22.8 Å². The number of nitrogens with zero attached hydrogens (tertiary/aromatic N) is 5. The molecule has 304 valence electrons. The van der Waals surface area contributed by atoms with Crippen LogP contribution in [0.1, 0.15) is 35.7 Å². The number of nitro groups is 1. The fourth-order valence-corrected chi connectivity index (χ4v) is 13.4. The number of nitro benzene ring substituents is 1. The van der Waals surface area contributed by atoms with Crippen LogP contribution in [-0.4, -0.2) is 69.7 Å². The van der Waals surface area contributed by atoms with Gasteiger partial charge in [0, 0.05) is 72.2 Å². The number of carbonyl (C=O) groups is 2. The molecular formula is C44H47N7O7Si. The van der Waals surface area contributed by atoms with E-state index in [0.717, 1.165) is 33.0 Å². The molecule has 0 saturated carbocycles. The Morgan fingerprint density at radius 1 is 1.08 bits per heavy atom. The highest BCUT2D eigenvalue weighted by molar-refractivity contribution is 6.91. The van der Waals surface area contributed by atoms with Crippen LogP contribution in [0.3, 0.4) is 0 Å². The molecule has 15 heteroatoms. The SMILES string of the molecule is COc1ccc([Si](C)(C)[C@H]2[C@H](CCn3cc(CCO)nn3)O[C@@]3(C(=O)N(Cc4cccc(NC(=O)Cc5c[nH]c6ccccc56)c4)c4ccc([N+](=O)[O-])cc43)[C@@H]2C)cc1. The van der Waals surface area contributed by atoms with E-state index in [9.17, 15) is 20.0 Å². The van der Waals surface area contributed by atoms with Crippen LogP contribution >= 0.6 is 0 Å². The summed E-state index contributed by atoms with van der Waals surface area (Å²) in [4.78, 5) is 45.3. The van der Waals surface area contributed by atoms with Gasteiger partial charge in [-0.25, -0.2) is 0 Å². The summed E-state index contributed by atoms with van der Waals surface area (Å²) in [5, 5.41) is 35.4. The van der Waals surface area contributed by atoms with Crippen molar-refractivity contribution in [2.75, 3.05) is 23.9 Å². The molecule has 8 rings (SSSR count). The van der Waals surface area contributed by atoms with Crippen molar-refractivity contribution in [3.63, 3.8) is 0 Å². The number of amides is 2. The number of hydrogen-bond acceptors (Lipinski definition) is 9. The molecule has 2 aromatic heterocycles. The first-order valence-electron chi connectivity index (χ1n) is 19.8. The van der Waals surface area contributed by atoms with Crippen LogP contribution in [0.4, 0.5) is 17.1 Å². The third-order valence-corrected chi connectivity index (χ3v) is 16.6. The maximum absolute atomic E-state index is 15.3. The molecule has 14 nitrogen and oxygen atoms in total. The Balaban J connectivity index is 1.12. The smallest absolute Gasteiger partial charge is 0.269 e. The zero-order valence-electron chi connectivity index (χ0n) is 33.4. The molecule has 59 heavy (non-hydrogen) atoms. The van der Waals surface area contributed by atoms with Gasteiger partial charge in [0.25, 0.3) is 11.6 Å². The molecule has 0 unspecified atom stereocenters. The van der Waals surface area contributed by atoms with Gasteiger partial charge in [-0.2, -0.15) is 0 Å². The van der Waals surface area contributed by atoms with Crippen LogP contribution in [0, 0.1) is 16.0 Å². The molecule has 0 radical (unpaired) electrons. The minimum atomic E-state index is -2.50. The van der Waals surface area contributed by atoms with Gasteiger partial charge >= 0.3 is 0 Å². The summed E-state index contributed by atoms with van der Waals surface area (Å²) in [6, 6.07) is 27.9. The number of aromatic nitrogens is 4. The summed E-state index contributed by atoms with van der Waals surface area (Å²) in [5.41, 5.74) is 3.16. The van der Waals surface area contributed by atoms with Crippen molar-refractivity contribution in [1.29, 1.82) is 0 Å². The Kier molecular flexibility index (Phi) is 10.7. The standard InChI is InChI=1S/C44H47N7O7Si/c1-28-42(59(3,4)35-15-13-34(57-2)14-16-35)40(18-20-49-27-32(19-21-52)47-48-49)58-44(28)37-24-33(51(55)56)12-17-39(37)50(43(44)54)26-29-8-7-9-31(22-29)46-41(53)23-30-25-45-38-11-6-5-10-36(30)38/h5-17,22,24-25,27-28,40,42,45,52H,18-21,23,26H2,1-4H3,(H,46,53)/t28-,40+,42-,44+/m1/s1. The number of aliphatic hydroxyl groups is 1. The van der Waals surface area contributed by atoms with Crippen LogP contribution in [-0.2, 0) is 45.9 Å². The fraction of sp³-hybridized carbons (Fsp3) is 0.318. The van der Waals surface area contributed by atoms with Crippen molar-refractivity contribution in [2.24, 2.45) is 5.92 Å². The van der Waals surface area contributed by atoms with Crippen molar-refractivity contribution < 1.29 is 29.1 Å². The number of methoxy groups -OCH3 is 1. The first-order chi connectivity index (χ1) is 28.4. The van der Waals surface area contributed by atoms with Gasteiger partial charge in [0.1, 0.15) is 5.75 Å². The van der Waals surface area contributed by atoms with Crippen molar-refractivity contribution in [3.8, 4) is 5.75 Å². The predicted molar refractivity (Wildman–Crippen MR) is 226 cm³/mol. The highest BCUT2D eigenvalue weighted by Gasteiger charge is 2.66. The summed E-state index contributed by atoms with van der Waals surface area (Å²) >= 11 is 0. The minimum Gasteiger partial charge on any atom is -0.497 e. The average Bonchev–Trinajstić information content (AvgIpc) is 3.99. The van der Waals surface area contributed by atoms with E-state index >= 15 is 4.79 Å². The topological polar surface area (TPSA) is 178 Å². The molecule has 4 aromatic carbocycles. The summed E-state index contributed by atoms with van der Waals surface area (Å²) in [7, 11) is -0.866. The zero-order chi connectivity index (χ0) is 41.5. The van der Waals surface area contributed by atoms with Crippen LogP contribution < -0.4 is 20.1 Å². The van der Waals surface area contributed by atoms with Gasteiger partial charge in [-0.1, -0.05) is 72.9 Å². The molecule has 1 saturated heterocycles. The zero-order valence-corrected chi connectivity index (χ0v) is 34.4. The number of carbonyl (C=O) groups excluding carboxylic acids is 2. The number of aliphatic hydroxyl groups excluding tert-OH is 1. The van der Waals surface area contributed by atoms with Gasteiger partial charge in [0.05, 0.1) is 50.6 Å². The van der Waals surface area contributed by atoms with Crippen LogP contribution in [0.15, 0.2) is 103 Å². The third-order valence-electron chi connectivity index (χ3n) is 12.2. The highest BCUT2D eigenvalue weighted by Crippen LogP contribution is 2.60. The van der Waals surface area contributed by atoms with Crippen LogP contribution in [0.2, 0.25) is 18.6 Å². The summed E-state index contributed by atoms with van der Waals surface area (Å²) in [6.45, 7) is 7.17. The Morgan fingerprint density at radius 3 is 2.64 bits per heavy atom. The van der Waals surface area contributed by atoms with Crippen LogP contribution in [0.5, 0.6) is 5.75 Å². The Hall–Kier alpha value is -6.16. The number of H-pyrrole nitrogens is 1. The number of rotatable bonds is 14. The second kappa shape index (κ2) is 15.9. The lowest BCUT2D eigenvalue weighted by atomic mass is 9.82. The molecule has 2 amide bonds. The first-order valence-corrected chi connectivity index (χ1v) is 22.9. The maximum atomic E-state index is 15.3. The molecule has 3 N–H and O–H groups in total.